The highest BCUT2D eigenvalue weighted by atomic mass is 19.1. The Labute approximate surface area is 121 Å². The zero-order valence-corrected chi connectivity index (χ0v) is 11.4. The first-order valence-corrected chi connectivity index (χ1v) is 6.31. The van der Waals surface area contributed by atoms with E-state index >= 15 is 0 Å². The number of amides is 1. The highest BCUT2D eigenvalue weighted by molar-refractivity contribution is 5.97. The van der Waals surface area contributed by atoms with E-state index in [4.69, 9.17) is 4.74 Å². The van der Waals surface area contributed by atoms with Crippen LogP contribution in [0.15, 0.2) is 54.6 Å². The van der Waals surface area contributed by atoms with Gasteiger partial charge in [-0.05, 0) is 29.8 Å². The van der Waals surface area contributed by atoms with Gasteiger partial charge in [-0.2, -0.15) is 0 Å². The monoisotopic (exact) mass is 287 g/mol. The first-order chi connectivity index (χ1) is 10.1. The van der Waals surface area contributed by atoms with E-state index in [0.717, 1.165) is 0 Å². The molecule has 2 aromatic rings. The van der Waals surface area contributed by atoms with E-state index in [-0.39, 0.29) is 5.56 Å². The molecule has 0 aromatic heterocycles. The minimum Gasteiger partial charge on any atom is -0.467 e. The van der Waals surface area contributed by atoms with Crippen molar-refractivity contribution in [2.24, 2.45) is 0 Å². The number of methoxy groups -OCH3 is 1. The Kier molecular flexibility index (Phi) is 4.66. The van der Waals surface area contributed by atoms with E-state index in [0.29, 0.717) is 5.56 Å². The number of rotatable bonds is 4. The molecule has 2 rings (SSSR count). The van der Waals surface area contributed by atoms with Crippen molar-refractivity contribution in [3.63, 3.8) is 0 Å². The summed E-state index contributed by atoms with van der Waals surface area (Å²) in [7, 11) is 1.25. The van der Waals surface area contributed by atoms with Crippen LogP contribution in [0, 0.1) is 5.82 Å². The van der Waals surface area contributed by atoms with Crippen molar-refractivity contribution >= 4 is 11.9 Å². The van der Waals surface area contributed by atoms with Gasteiger partial charge in [0.25, 0.3) is 5.91 Å². The minimum atomic E-state index is -0.909. The zero-order valence-electron chi connectivity index (χ0n) is 11.4. The molecule has 0 saturated carbocycles. The number of carbonyl (C=O) groups excluding carboxylic acids is 2. The number of benzene rings is 2. The van der Waals surface area contributed by atoms with Gasteiger partial charge in [0.15, 0.2) is 6.04 Å². The lowest BCUT2D eigenvalue weighted by atomic mass is 10.1. The summed E-state index contributed by atoms with van der Waals surface area (Å²) in [5, 5.41) is 2.58. The number of halogens is 1. The van der Waals surface area contributed by atoms with Crippen LogP contribution in [0.5, 0.6) is 0 Å². The van der Waals surface area contributed by atoms with Crippen molar-refractivity contribution in [3.8, 4) is 0 Å². The third-order valence-electron chi connectivity index (χ3n) is 2.95. The molecular formula is C16H14FNO3. The molecule has 0 spiro atoms. The number of ether oxygens (including phenoxy) is 1. The fourth-order valence-electron chi connectivity index (χ4n) is 1.86. The van der Waals surface area contributed by atoms with Gasteiger partial charge < -0.3 is 10.1 Å². The molecule has 0 unspecified atom stereocenters. The van der Waals surface area contributed by atoms with Crippen molar-refractivity contribution in [2.45, 2.75) is 6.04 Å². The van der Waals surface area contributed by atoms with E-state index in [2.05, 4.69) is 5.32 Å². The molecule has 108 valence electrons. The number of nitrogens with one attached hydrogen (secondary N) is 1. The van der Waals surface area contributed by atoms with Crippen LogP contribution in [0.25, 0.3) is 0 Å². The lowest BCUT2D eigenvalue weighted by Gasteiger charge is -2.16. The molecule has 1 atom stereocenters. The van der Waals surface area contributed by atoms with Crippen molar-refractivity contribution < 1.29 is 18.7 Å². The van der Waals surface area contributed by atoms with Crippen molar-refractivity contribution in [3.05, 3.63) is 71.5 Å². The average Bonchev–Trinajstić information content (AvgIpc) is 2.53. The second kappa shape index (κ2) is 6.65. The molecule has 0 heterocycles. The smallest absolute Gasteiger partial charge is 0.333 e. The highest BCUT2D eigenvalue weighted by Crippen LogP contribution is 2.15. The Morgan fingerprint density at radius 3 is 2.24 bits per heavy atom. The SMILES string of the molecule is COC(=O)[C@@H](NC(=O)c1ccc(F)cc1)c1ccccc1. The first kappa shape index (κ1) is 14.7. The number of esters is 1. The predicted molar refractivity (Wildman–Crippen MR) is 75.1 cm³/mol. The minimum absolute atomic E-state index is 0.265. The molecule has 0 aliphatic carbocycles. The standard InChI is InChI=1S/C16H14FNO3/c1-21-16(20)14(11-5-3-2-4-6-11)18-15(19)12-7-9-13(17)10-8-12/h2-10,14H,1H3,(H,18,19)/t14-/m0/s1. The molecule has 5 heteroatoms. The van der Waals surface area contributed by atoms with Gasteiger partial charge in [0.2, 0.25) is 0 Å². The fourth-order valence-corrected chi connectivity index (χ4v) is 1.86. The van der Waals surface area contributed by atoms with Crippen LogP contribution in [-0.4, -0.2) is 19.0 Å². The topological polar surface area (TPSA) is 55.4 Å². The van der Waals surface area contributed by atoms with Crippen LogP contribution < -0.4 is 5.32 Å². The van der Waals surface area contributed by atoms with E-state index in [1.54, 1.807) is 30.3 Å². The summed E-state index contributed by atoms with van der Waals surface area (Å²) < 4.78 is 17.6. The third kappa shape index (κ3) is 3.66. The number of hydrogen-bond acceptors (Lipinski definition) is 3. The van der Waals surface area contributed by atoms with Gasteiger partial charge in [0, 0.05) is 5.56 Å². The quantitative estimate of drug-likeness (QED) is 0.879. The average molecular weight is 287 g/mol. The maximum Gasteiger partial charge on any atom is 0.333 e. The van der Waals surface area contributed by atoms with E-state index < -0.39 is 23.7 Å². The molecule has 0 aliphatic heterocycles. The molecule has 0 bridgehead atoms. The Hall–Kier alpha value is -2.69. The summed E-state index contributed by atoms with van der Waals surface area (Å²) >= 11 is 0. The molecule has 0 fully saturated rings. The number of hydrogen-bond donors (Lipinski definition) is 1. The molecule has 2 aromatic carbocycles. The molecule has 0 radical (unpaired) electrons. The lowest BCUT2D eigenvalue weighted by Crippen LogP contribution is -2.34. The van der Waals surface area contributed by atoms with Crippen LogP contribution in [0.1, 0.15) is 22.0 Å². The van der Waals surface area contributed by atoms with Gasteiger partial charge in [-0.25, -0.2) is 9.18 Å². The summed E-state index contributed by atoms with van der Waals surface area (Å²) in [5.74, 6) is -1.48. The van der Waals surface area contributed by atoms with Crippen molar-refractivity contribution in [1.29, 1.82) is 0 Å². The number of carbonyl (C=O) groups is 2. The van der Waals surface area contributed by atoms with Crippen LogP contribution in [0.2, 0.25) is 0 Å². The molecule has 21 heavy (non-hydrogen) atoms. The fraction of sp³-hybridized carbons (Fsp3) is 0.125. The normalized spacial score (nSPS) is 11.5. The summed E-state index contributed by atoms with van der Waals surface area (Å²) in [6.07, 6.45) is 0. The van der Waals surface area contributed by atoms with Crippen LogP contribution in [0.3, 0.4) is 0 Å². The second-order valence-electron chi connectivity index (χ2n) is 4.35. The van der Waals surface area contributed by atoms with E-state index in [9.17, 15) is 14.0 Å². The molecule has 0 saturated heterocycles. The van der Waals surface area contributed by atoms with Gasteiger partial charge in [0.1, 0.15) is 5.82 Å². The summed E-state index contributed by atoms with van der Waals surface area (Å²) in [4.78, 5) is 24.0. The molecule has 4 nitrogen and oxygen atoms in total. The highest BCUT2D eigenvalue weighted by Gasteiger charge is 2.23. The largest absolute Gasteiger partial charge is 0.467 e. The summed E-state index contributed by atoms with van der Waals surface area (Å²) in [6, 6.07) is 12.9. The van der Waals surface area contributed by atoms with Gasteiger partial charge in [-0.15, -0.1) is 0 Å². The molecule has 0 aliphatic rings. The lowest BCUT2D eigenvalue weighted by molar-refractivity contribution is -0.143. The first-order valence-electron chi connectivity index (χ1n) is 6.31. The Morgan fingerprint density at radius 1 is 1.05 bits per heavy atom. The molecule has 1 amide bonds. The third-order valence-corrected chi connectivity index (χ3v) is 2.95. The Bertz CT molecular complexity index is 626. The Balaban J connectivity index is 2.21. The second-order valence-corrected chi connectivity index (χ2v) is 4.35. The van der Waals surface area contributed by atoms with Gasteiger partial charge >= 0.3 is 5.97 Å². The van der Waals surface area contributed by atoms with E-state index in [1.165, 1.54) is 31.4 Å². The van der Waals surface area contributed by atoms with Crippen LogP contribution in [-0.2, 0) is 9.53 Å². The summed E-state index contributed by atoms with van der Waals surface area (Å²) in [5.41, 5.74) is 0.876. The van der Waals surface area contributed by atoms with E-state index in [1.807, 2.05) is 0 Å². The maximum absolute atomic E-state index is 12.9. The maximum atomic E-state index is 12.9. The van der Waals surface area contributed by atoms with Crippen LogP contribution in [0.4, 0.5) is 4.39 Å². The Morgan fingerprint density at radius 2 is 1.67 bits per heavy atom. The van der Waals surface area contributed by atoms with Crippen molar-refractivity contribution in [2.75, 3.05) is 7.11 Å². The summed E-state index contributed by atoms with van der Waals surface area (Å²) in [6.45, 7) is 0. The zero-order chi connectivity index (χ0) is 15.2. The molecular weight excluding hydrogens is 273 g/mol. The van der Waals surface area contributed by atoms with Crippen LogP contribution >= 0.6 is 0 Å². The predicted octanol–water partition coefficient (Wildman–Crippen LogP) is 2.47. The van der Waals surface area contributed by atoms with Crippen molar-refractivity contribution in [1.82, 2.24) is 5.32 Å². The van der Waals surface area contributed by atoms with Gasteiger partial charge in [-0.3, -0.25) is 4.79 Å². The van der Waals surface area contributed by atoms with Gasteiger partial charge in [-0.1, -0.05) is 30.3 Å². The molecule has 1 N–H and O–H groups in total. The van der Waals surface area contributed by atoms with Gasteiger partial charge in [0.05, 0.1) is 7.11 Å².